The zero-order valence-corrected chi connectivity index (χ0v) is 21.0. The molecule has 0 saturated heterocycles. The number of nitrogens with one attached hydrogen (secondary N) is 1. The van der Waals surface area contributed by atoms with Crippen molar-refractivity contribution in [3.8, 4) is 0 Å². The van der Waals surface area contributed by atoms with Crippen LogP contribution in [0.1, 0.15) is 32.3 Å². The summed E-state index contributed by atoms with van der Waals surface area (Å²) in [4.78, 5) is 27.1. The van der Waals surface area contributed by atoms with Crippen molar-refractivity contribution in [2.24, 2.45) is 0 Å². The maximum atomic E-state index is 13.1. The SMILES string of the molecule is CCNC(=O)[C@@H](C)N(Cc1cccc(Br)c1)C(=O)CCCN(c1ccccc1)S(C)(=O)=O. The van der Waals surface area contributed by atoms with Gasteiger partial charge in [0.1, 0.15) is 6.04 Å². The fourth-order valence-corrected chi connectivity index (χ4v) is 4.75. The fourth-order valence-electron chi connectivity index (χ4n) is 3.33. The van der Waals surface area contributed by atoms with E-state index in [-0.39, 0.29) is 31.3 Å². The minimum atomic E-state index is -3.49. The molecule has 32 heavy (non-hydrogen) atoms. The van der Waals surface area contributed by atoms with Crippen LogP contribution in [-0.2, 0) is 26.2 Å². The number of anilines is 1. The number of amides is 2. The molecular formula is C23H30BrN3O4S. The van der Waals surface area contributed by atoms with Crippen molar-refractivity contribution in [2.75, 3.05) is 23.7 Å². The third kappa shape index (κ3) is 7.63. The number of hydrogen-bond donors (Lipinski definition) is 1. The average Bonchev–Trinajstić information content (AvgIpc) is 2.74. The molecule has 2 aromatic rings. The molecule has 0 aliphatic carbocycles. The highest BCUT2D eigenvalue weighted by Gasteiger charge is 2.26. The quantitative estimate of drug-likeness (QED) is 0.487. The van der Waals surface area contributed by atoms with Gasteiger partial charge in [0.15, 0.2) is 0 Å². The van der Waals surface area contributed by atoms with Crippen LogP contribution in [-0.4, -0.2) is 50.5 Å². The summed E-state index contributed by atoms with van der Waals surface area (Å²) >= 11 is 3.43. The second-order valence-electron chi connectivity index (χ2n) is 7.50. The minimum Gasteiger partial charge on any atom is -0.355 e. The van der Waals surface area contributed by atoms with E-state index < -0.39 is 16.1 Å². The average molecular weight is 524 g/mol. The zero-order valence-electron chi connectivity index (χ0n) is 18.6. The summed E-state index contributed by atoms with van der Waals surface area (Å²) in [5.41, 5.74) is 1.45. The number of carbonyl (C=O) groups excluding carboxylic acids is 2. The van der Waals surface area contributed by atoms with Crippen molar-refractivity contribution in [1.29, 1.82) is 0 Å². The van der Waals surface area contributed by atoms with Crippen LogP contribution in [0.4, 0.5) is 5.69 Å². The van der Waals surface area contributed by atoms with Gasteiger partial charge in [0, 0.05) is 30.5 Å². The lowest BCUT2D eigenvalue weighted by atomic mass is 10.1. The molecule has 9 heteroatoms. The summed E-state index contributed by atoms with van der Waals surface area (Å²) in [6, 6.07) is 15.7. The van der Waals surface area contributed by atoms with Crippen LogP contribution in [0.3, 0.4) is 0 Å². The molecule has 0 radical (unpaired) electrons. The van der Waals surface area contributed by atoms with Gasteiger partial charge in [0.25, 0.3) is 0 Å². The summed E-state index contributed by atoms with van der Waals surface area (Å²) in [5, 5.41) is 2.76. The molecule has 0 bridgehead atoms. The highest BCUT2D eigenvalue weighted by molar-refractivity contribution is 9.10. The van der Waals surface area contributed by atoms with Gasteiger partial charge in [-0.25, -0.2) is 8.42 Å². The molecule has 7 nitrogen and oxygen atoms in total. The number of hydrogen-bond acceptors (Lipinski definition) is 4. The first kappa shape index (κ1) is 25.9. The fraction of sp³-hybridized carbons (Fsp3) is 0.391. The van der Waals surface area contributed by atoms with Gasteiger partial charge in [0.05, 0.1) is 11.9 Å². The van der Waals surface area contributed by atoms with Crippen LogP contribution in [0.2, 0.25) is 0 Å². The van der Waals surface area contributed by atoms with Gasteiger partial charge in [-0.15, -0.1) is 0 Å². The van der Waals surface area contributed by atoms with Crippen LogP contribution in [0.15, 0.2) is 59.1 Å². The molecular weight excluding hydrogens is 494 g/mol. The van der Waals surface area contributed by atoms with E-state index in [0.717, 1.165) is 16.3 Å². The largest absolute Gasteiger partial charge is 0.355 e. The lowest BCUT2D eigenvalue weighted by Crippen LogP contribution is -2.47. The smallest absolute Gasteiger partial charge is 0.242 e. The lowest BCUT2D eigenvalue weighted by Gasteiger charge is -2.29. The molecule has 0 aliphatic rings. The molecule has 0 fully saturated rings. The van der Waals surface area contributed by atoms with Crippen molar-refractivity contribution in [2.45, 2.75) is 39.3 Å². The number of sulfonamides is 1. The monoisotopic (exact) mass is 523 g/mol. The summed E-state index contributed by atoms with van der Waals surface area (Å²) in [7, 11) is -3.49. The molecule has 0 aliphatic heterocycles. The Bertz CT molecular complexity index is 1010. The molecule has 0 saturated carbocycles. The maximum Gasteiger partial charge on any atom is 0.242 e. The normalized spacial score (nSPS) is 12.1. The Hall–Kier alpha value is -2.39. The number of benzene rings is 2. The van der Waals surface area contributed by atoms with Crippen LogP contribution in [0, 0.1) is 0 Å². The summed E-state index contributed by atoms with van der Waals surface area (Å²) in [6.07, 6.45) is 1.60. The Balaban J connectivity index is 2.13. The van der Waals surface area contributed by atoms with E-state index in [4.69, 9.17) is 0 Å². The number of para-hydroxylation sites is 1. The number of carbonyl (C=O) groups is 2. The van der Waals surface area contributed by atoms with E-state index in [1.807, 2.05) is 37.3 Å². The van der Waals surface area contributed by atoms with E-state index in [1.165, 1.54) is 4.31 Å². The first-order valence-corrected chi connectivity index (χ1v) is 13.1. The third-order valence-corrected chi connectivity index (χ3v) is 6.64. The van der Waals surface area contributed by atoms with Gasteiger partial charge in [0.2, 0.25) is 21.8 Å². The van der Waals surface area contributed by atoms with Crippen molar-refractivity contribution in [1.82, 2.24) is 10.2 Å². The summed E-state index contributed by atoms with van der Waals surface area (Å²) < 4.78 is 26.7. The number of halogens is 1. The molecule has 0 heterocycles. The van der Waals surface area contributed by atoms with Crippen molar-refractivity contribution >= 4 is 43.5 Å². The number of rotatable bonds is 11. The molecule has 0 unspecified atom stereocenters. The Labute approximate surface area is 199 Å². The van der Waals surface area contributed by atoms with E-state index in [2.05, 4.69) is 21.2 Å². The molecule has 1 N–H and O–H groups in total. The second kappa shape index (κ2) is 12.0. The van der Waals surface area contributed by atoms with Gasteiger partial charge in [-0.05, 0) is 50.1 Å². The van der Waals surface area contributed by atoms with Crippen molar-refractivity contribution < 1.29 is 18.0 Å². The first-order valence-electron chi connectivity index (χ1n) is 10.5. The molecule has 0 aromatic heterocycles. The van der Waals surface area contributed by atoms with E-state index in [1.54, 1.807) is 36.1 Å². The van der Waals surface area contributed by atoms with E-state index in [0.29, 0.717) is 18.7 Å². The molecule has 2 rings (SSSR count). The topological polar surface area (TPSA) is 86.8 Å². The Morgan fingerprint density at radius 1 is 1.09 bits per heavy atom. The highest BCUT2D eigenvalue weighted by atomic mass is 79.9. The molecule has 1 atom stereocenters. The first-order chi connectivity index (χ1) is 15.1. The lowest BCUT2D eigenvalue weighted by molar-refractivity contribution is -0.140. The van der Waals surface area contributed by atoms with E-state index in [9.17, 15) is 18.0 Å². The van der Waals surface area contributed by atoms with Gasteiger partial charge in [-0.2, -0.15) is 0 Å². The Morgan fingerprint density at radius 2 is 1.78 bits per heavy atom. The van der Waals surface area contributed by atoms with E-state index >= 15 is 0 Å². The maximum absolute atomic E-state index is 13.1. The third-order valence-electron chi connectivity index (χ3n) is 4.96. The van der Waals surface area contributed by atoms with Gasteiger partial charge in [-0.3, -0.25) is 13.9 Å². The van der Waals surface area contributed by atoms with Gasteiger partial charge < -0.3 is 10.2 Å². The van der Waals surface area contributed by atoms with Crippen LogP contribution >= 0.6 is 15.9 Å². The standard InChI is InChI=1S/C23H30BrN3O4S/c1-4-25-23(29)18(2)26(17-19-10-8-11-20(24)16-19)22(28)14-9-15-27(32(3,30)31)21-12-6-5-7-13-21/h5-8,10-13,16,18H,4,9,14-15,17H2,1-3H3,(H,25,29)/t18-/m1/s1. The number of nitrogens with zero attached hydrogens (tertiary/aromatic N) is 2. The molecule has 174 valence electrons. The molecule has 2 aromatic carbocycles. The molecule has 2 amide bonds. The molecule has 0 spiro atoms. The predicted octanol–water partition coefficient (Wildman–Crippen LogP) is 3.55. The van der Waals surface area contributed by atoms with Crippen LogP contribution in [0.5, 0.6) is 0 Å². The van der Waals surface area contributed by atoms with Gasteiger partial charge in [-0.1, -0.05) is 46.3 Å². The minimum absolute atomic E-state index is 0.122. The zero-order chi connectivity index (χ0) is 23.7. The number of likely N-dealkylation sites (N-methyl/N-ethyl adjacent to an activating group) is 1. The Kier molecular flexibility index (Phi) is 9.71. The predicted molar refractivity (Wildman–Crippen MR) is 131 cm³/mol. The highest BCUT2D eigenvalue weighted by Crippen LogP contribution is 2.19. The van der Waals surface area contributed by atoms with Gasteiger partial charge >= 0.3 is 0 Å². The summed E-state index contributed by atoms with van der Waals surface area (Å²) in [5.74, 6) is -0.428. The van der Waals surface area contributed by atoms with Crippen LogP contribution < -0.4 is 9.62 Å². The Morgan fingerprint density at radius 3 is 2.38 bits per heavy atom. The van der Waals surface area contributed by atoms with Crippen molar-refractivity contribution in [3.05, 3.63) is 64.6 Å². The summed E-state index contributed by atoms with van der Waals surface area (Å²) in [6.45, 7) is 4.46. The second-order valence-corrected chi connectivity index (χ2v) is 10.3. The van der Waals surface area contributed by atoms with Crippen LogP contribution in [0.25, 0.3) is 0 Å². The van der Waals surface area contributed by atoms with Crippen molar-refractivity contribution in [3.63, 3.8) is 0 Å².